The van der Waals surface area contributed by atoms with Crippen molar-refractivity contribution >= 4 is 17.8 Å². The molecule has 3 N–H and O–H groups in total. The van der Waals surface area contributed by atoms with Crippen molar-refractivity contribution in [1.82, 2.24) is 5.43 Å². The number of anilines is 1. The van der Waals surface area contributed by atoms with E-state index in [1.807, 2.05) is 6.92 Å². The lowest BCUT2D eigenvalue weighted by Crippen LogP contribution is -2.18. The van der Waals surface area contributed by atoms with Gasteiger partial charge in [-0.2, -0.15) is 5.10 Å². The Kier molecular flexibility index (Phi) is 3.67. The number of hydrogen-bond acceptors (Lipinski definition) is 3. The first kappa shape index (κ1) is 10.2. The minimum Gasteiger partial charge on any atom is -0.398 e. The zero-order valence-electron chi connectivity index (χ0n) is 8.03. The first-order chi connectivity index (χ1) is 6.75. The number of para-hydroxylation sites is 1. The molecule has 0 aromatic heterocycles. The van der Waals surface area contributed by atoms with E-state index in [0.29, 0.717) is 11.3 Å². The lowest BCUT2D eigenvalue weighted by Gasteiger charge is -2.02. The molecule has 4 nitrogen and oxygen atoms in total. The fourth-order valence-corrected chi connectivity index (χ4v) is 0.960. The summed E-state index contributed by atoms with van der Waals surface area (Å²) in [7, 11) is 0. The van der Waals surface area contributed by atoms with E-state index in [2.05, 4.69) is 10.5 Å². The maximum absolute atomic E-state index is 11.4. The maximum Gasteiger partial charge on any atom is 0.273 e. The normalized spacial score (nSPS) is 10.4. The van der Waals surface area contributed by atoms with Gasteiger partial charge in [0.2, 0.25) is 0 Å². The number of carbonyl (C=O) groups excluding carboxylic acids is 1. The molecule has 4 heteroatoms. The van der Waals surface area contributed by atoms with Crippen LogP contribution >= 0.6 is 0 Å². The molecule has 0 saturated heterocycles. The van der Waals surface area contributed by atoms with Crippen LogP contribution in [0, 0.1) is 0 Å². The molecule has 74 valence electrons. The van der Waals surface area contributed by atoms with Crippen LogP contribution in [0.1, 0.15) is 23.7 Å². The number of carbonyl (C=O) groups is 1. The summed E-state index contributed by atoms with van der Waals surface area (Å²) in [5, 5.41) is 3.73. The standard InChI is InChI=1S/C10H13N3O/c1-2-7-12-13-10(14)8-5-3-4-6-9(8)11/h3-7H,2,11H2,1H3,(H,13,14)/b12-7+. The average molecular weight is 191 g/mol. The van der Waals surface area contributed by atoms with Gasteiger partial charge < -0.3 is 5.73 Å². The Morgan fingerprint density at radius 1 is 1.57 bits per heavy atom. The number of nitrogens with zero attached hydrogens (tertiary/aromatic N) is 1. The molecule has 0 spiro atoms. The number of nitrogens with one attached hydrogen (secondary N) is 1. The maximum atomic E-state index is 11.4. The van der Waals surface area contributed by atoms with Crippen molar-refractivity contribution in [2.75, 3.05) is 5.73 Å². The SMILES string of the molecule is CC/C=N/NC(=O)c1ccccc1N. The molecule has 0 unspecified atom stereocenters. The number of amides is 1. The van der Waals surface area contributed by atoms with Gasteiger partial charge in [0.15, 0.2) is 0 Å². The van der Waals surface area contributed by atoms with Crippen LogP contribution in [-0.2, 0) is 0 Å². The topological polar surface area (TPSA) is 67.5 Å². The van der Waals surface area contributed by atoms with Crippen LogP contribution in [-0.4, -0.2) is 12.1 Å². The van der Waals surface area contributed by atoms with Crippen molar-refractivity contribution in [3.63, 3.8) is 0 Å². The highest BCUT2D eigenvalue weighted by molar-refractivity contribution is 5.99. The predicted octanol–water partition coefficient (Wildman–Crippen LogP) is 1.39. The summed E-state index contributed by atoms with van der Waals surface area (Å²) in [5.41, 5.74) is 8.90. The summed E-state index contributed by atoms with van der Waals surface area (Å²) < 4.78 is 0. The third kappa shape index (κ3) is 2.58. The molecule has 0 bridgehead atoms. The van der Waals surface area contributed by atoms with E-state index in [1.54, 1.807) is 30.5 Å². The van der Waals surface area contributed by atoms with Gasteiger partial charge in [0.1, 0.15) is 0 Å². The minimum atomic E-state index is -0.284. The number of hydrogen-bond donors (Lipinski definition) is 2. The van der Waals surface area contributed by atoms with Gasteiger partial charge in [0.25, 0.3) is 5.91 Å². The first-order valence-corrected chi connectivity index (χ1v) is 4.42. The Labute approximate surface area is 82.8 Å². The monoisotopic (exact) mass is 191 g/mol. The molecule has 0 radical (unpaired) electrons. The highest BCUT2D eigenvalue weighted by Gasteiger charge is 2.06. The second-order valence-corrected chi connectivity index (χ2v) is 2.75. The predicted molar refractivity (Wildman–Crippen MR) is 57.1 cm³/mol. The van der Waals surface area contributed by atoms with Gasteiger partial charge in [0.05, 0.1) is 5.56 Å². The smallest absolute Gasteiger partial charge is 0.273 e. The second-order valence-electron chi connectivity index (χ2n) is 2.75. The van der Waals surface area contributed by atoms with Crippen molar-refractivity contribution < 1.29 is 4.79 Å². The number of nitrogen functional groups attached to an aromatic ring is 1. The molecule has 0 aliphatic heterocycles. The molecular formula is C10H13N3O. The molecule has 1 amide bonds. The van der Waals surface area contributed by atoms with E-state index in [1.165, 1.54) is 0 Å². The number of nitrogens with two attached hydrogens (primary N) is 1. The quantitative estimate of drug-likeness (QED) is 0.430. The zero-order valence-corrected chi connectivity index (χ0v) is 8.03. The Bertz CT molecular complexity index is 347. The Balaban J connectivity index is 2.70. The highest BCUT2D eigenvalue weighted by Crippen LogP contribution is 2.09. The zero-order chi connectivity index (χ0) is 10.4. The molecule has 0 aliphatic carbocycles. The van der Waals surface area contributed by atoms with Crippen LogP contribution in [0.15, 0.2) is 29.4 Å². The fourth-order valence-electron chi connectivity index (χ4n) is 0.960. The van der Waals surface area contributed by atoms with E-state index < -0.39 is 0 Å². The van der Waals surface area contributed by atoms with Crippen molar-refractivity contribution in [3.8, 4) is 0 Å². The van der Waals surface area contributed by atoms with Crippen LogP contribution in [0.2, 0.25) is 0 Å². The molecule has 0 heterocycles. The number of rotatable bonds is 3. The summed E-state index contributed by atoms with van der Waals surface area (Å²) in [6, 6.07) is 6.88. The van der Waals surface area contributed by atoms with E-state index in [0.717, 1.165) is 6.42 Å². The lowest BCUT2D eigenvalue weighted by molar-refractivity contribution is 0.0956. The molecule has 0 atom stereocenters. The minimum absolute atomic E-state index is 0.284. The molecule has 1 aromatic rings. The van der Waals surface area contributed by atoms with E-state index >= 15 is 0 Å². The van der Waals surface area contributed by atoms with Gasteiger partial charge in [-0.15, -0.1) is 0 Å². The molecule has 0 saturated carbocycles. The lowest BCUT2D eigenvalue weighted by atomic mass is 10.2. The first-order valence-electron chi connectivity index (χ1n) is 4.42. The van der Waals surface area contributed by atoms with Crippen molar-refractivity contribution in [2.24, 2.45) is 5.10 Å². The van der Waals surface area contributed by atoms with Gasteiger partial charge in [0, 0.05) is 11.9 Å². The molecule has 0 fully saturated rings. The summed E-state index contributed by atoms with van der Waals surface area (Å²) in [6.07, 6.45) is 2.40. The van der Waals surface area contributed by atoms with E-state index in [9.17, 15) is 4.79 Å². The second kappa shape index (κ2) is 5.01. The number of hydrazone groups is 1. The molecular weight excluding hydrogens is 178 g/mol. The van der Waals surface area contributed by atoms with Gasteiger partial charge in [-0.1, -0.05) is 19.1 Å². The van der Waals surface area contributed by atoms with Crippen molar-refractivity contribution in [2.45, 2.75) is 13.3 Å². The largest absolute Gasteiger partial charge is 0.398 e. The van der Waals surface area contributed by atoms with Gasteiger partial charge >= 0.3 is 0 Å². The van der Waals surface area contributed by atoms with Gasteiger partial charge in [-0.3, -0.25) is 4.79 Å². The van der Waals surface area contributed by atoms with Gasteiger partial charge in [-0.25, -0.2) is 5.43 Å². The molecule has 1 rings (SSSR count). The van der Waals surface area contributed by atoms with Crippen LogP contribution in [0.5, 0.6) is 0 Å². The Morgan fingerprint density at radius 3 is 2.93 bits per heavy atom. The molecule has 0 aliphatic rings. The van der Waals surface area contributed by atoms with Crippen LogP contribution in [0.3, 0.4) is 0 Å². The average Bonchev–Trinajstić information content (AvgIpc) is 2.18. The van der Waals surface area contributed by atoms with Crippen molar-refractivity contribution in [3.05, 3.63) is 29.8 Å². The van der Waals surface area contributed by atoms with E-state index in [-0.39, 0.29) is 5.91 Å². The summed E-state index contributed by atoms with van der Waals surface area (Å²) in [6.45, 7) is 1.94. The molecule has 1 aromatic carbocycles. The van der Waals surface area contributed by atoms with Crippen LogP contribution < -0.4 is 11.2 Å². The highest BCUT2D eigenvalue weighted by atomic mass is 16.2. The van der Waals surface area contributed by atoms with Crippen LogP contribution in [0.4, 0.5) is 5.69 Å². The summed E-state index contributed by atoms with van der Waals surface area (Å²) in [5.74, 6) is -0.284. The van der Waals surface area contributed by atoms with Crippen molar-refractivity contribution in [1.29, 1.82) is 0 Å². The summed E-state index contributed by atoms with van der Waals surface area (Å²) >= 11 is 0. The van der Waals surface area contributed by atoms with Crippen LogP contribution in [0.25, 0.3) is 0 Å². The van der Waals surface area contributed by atoms with E-state index in [4.69, 9.17) is 5.73 Å². The Hall–Kier alpha value is -1.84. The van der Waals surface area contributed by atoms with Gasteiger partial charge in [-0.05, 0) is 18.6 Å². The summed E-state index contributed by atoms with van der Waals surface area (Å²) in [4.78, 5) is 11.4. The molecule has 14 heavy (non-hydrogen) atoms. The third-order valence-corrected chi connectivity index (χ3v) is 1.65. The number of benzene rings is 1. The third-order valence-electron chi connectivity index (χ3n) is 1.65. The fraction of sp³-hybridized carbons (Fsp3) is 0.200. The Morgan fingerprint density at radius 2 is 2.29 bits per heavy atom.